The van der Waals surface area contributed by atoms with Gasteiger partial charge in [-0.3, -0.25) is 0 Å². The van der Waals surface area contributed by atoms with Gasteiger partial charge in [0.05, 0.1) is 17.8 Å². The van der Waals surface area contributed by atoms with E-state index in [2.05, 4.69) is 69.2 Å². The lowest BCUT2D eigenvalue weighted by Crippen LogP contribution is -2.37. The maximum Gasteiger partial charge on any atom is 0.0652 e. The molecule has 0 amide bonds. The van der Waals surface area contributed by atoms with Gasteiger partial charge in [-0.1, -0.05) is 34.6 Å². The average molecular weight is 286 g/mol. The van der Waals surface area contributed by atoms with E-state index in [4.69, 9.17) is 9.47 Å². The standard InChI is InChI=1S/C18H38O2/c1-14(11-12-19-17(6,7)8)18(9,10)20-13-15(2)16(3,4)5/h14-15H,11-13H2,1-10H3. The Hall–Kier alpha value is -0.0800. The Morgan fingerprint density at radius 1 is 0.750 bits per heavy atom. The van der Waals surface area contributed by atoms with Crippen LogP contribution < -0.4 is 0 Å². The molecule has 0 rings (SSSR count). The van der Waals surface area contributed by atoms with Gasteiger partial charge in [0.15, 0.2) is 0 Å². The first-order valence-corrected chi connectivity index (χ1v) is 8.03. The van der Waals surface area contributed by atoms with Crippen LogP contribution in [0.2, 0.25) is 0 Å². The first-order valence-electron chi connectivity index (χ1n) is 8.03. The van der Waals surface area contributed by atoms with Gasteiger partial charge < -0.3 is 9.47 Å². The summed E-state index contributed by atoms with van der Waals surface area (Å²) in [7, 11) is 0. The van der Waals surface area contributed by atoms with Crippen LogP contribution in [-0.4, -0.2) is 24.4 Å². The number of ether oxygens (including phenoxy) is 2. The van der Waals surface area contributed by atoms with Gasteiger partial charge in [0.1, 0.15) is 0 Å². The SMILES string of the molecule is CC(COC(C)(C)C(C)CCOC(C)(C)C)C(C)(C)C. The van der Waals surface area contributed by atoms with Crippen LogP contribution >= 0.6 is 0 Å². The highest BCUT2D eigenvalue weighted by atomic mass is 16.5. The molecule has 0 aliphatic heterocycles. The predicted molar refractivity (Wildman–Crippen MR) is 88.1 cm³/mol. The minimum Gasteiger partial charge on any atom is -0.376 e. The summed E-state index contributed by atoms with van der Waals surface area (Å²) in [5.41, 5.74) is 0.154. The molecule has 0 aliphatic rings. The minimum atomic E-state index is -0.0965. The highest BCUT2D eigenvalue weighted by Crippen LogP contribution is 2.30. The molecule has 0 bridgehead atoms. The van der Waals surface area contributed by atoms with Crippen molar-refractivity contribution < 1.29 is 9.47 Å². The molecule has 2 unspecified atom stereocenters. The quantitative estimate of drug-likeness (QED) is 0.632. The summed E-state index contributed by atoms with van der Waals surface area (Å²) in [6.45, 7) is 23.7. The predicted octanol–water partition coefficient (Wildman–Crippen LogP) is 5.31. The van der Waals surface area contributed by atoms with Gasteiger partial charge in [-0.05, 0) is 58.3 Å². The van der Waals surface area contributed by atoms with E-state index in [1.165, 1.54) is 0 Å². The van der Waals surface area contributed by atoms with Gasteiger partial charge in [0, 0.05) is 6.61 Å². The Balaban J connectivity index is 4.21. The molecule has 0 aromatic heterocycles. The molecule has 0 N–H and O–H groups in total. The first-order chi connectivity index (χ1) is 8.76. The number of hydrogen-bond acceptors (Lipinski definition) is 2. The fraction of sp³-hybridized carbons (Fsp3) is 1.00. The van der Waals surface area contributed by atoms with Crippen LogP contribution in [0, 0.1) is 17.3 Å². The summed E-state index contributed by atoms with van der Waals surface area (Å²) in [6, 6.07) is 0. The summed E-state index contributed by atoms with van der Waals surface area (Å²) in [6.07, 6.45) is 1.04. The Morgan fingerprint density at radius 3 is 1.65 bits per heavy atom. The second-order valence-corrected chi connectivity index (χ2v) is 8.83. The van der Waals surface area contributed by atoms with Crippen LogP contribution in [0.15, 0.2) is 0 Å². The van der Waals surface area contributed by atoms with E-state index in [1.807, 2.05) is 0 Å². The van der Waals surface area contributed by atoms with Crippen molar-refractivity contribution in [3.05, 3.63) is 0 Å². The molecular formula is C18H38O2. The van der Waals surface area contributed by atoms with E-state index in [-0.39, 0.29) is 11.2 Å². The van der Waals surface area contributed by atoms with Gasteiger partial charge in [0.25, 0.3) is 0 Å². The van der Waals surface area contributed by atoms with Crippen molar-refractivity contribution in [2.24, 2.45) is 17.3 Å². The van der Waals surface area contributed by atoms with Crippen molar-refractivity contribution in [3.63, 3.8) is 0 Å². The third kappa shape index (κ3) is 8.26. The van der Waals surface area contributed by atoms with Gasteiger partial charge >= 0.3 is 0 Å². The van der Waals surface area contributed by atoms with E-state index in [0.29, 0.717) is 17.3 Å². The molecule has 0 spiro atoms. The first kappa shape index (κ1) is 19.9. The summed E-state index contributed by atoms with van der Waals surface area (Å²) in [4.78, 5) is 0. The van der Waals surface area contributed by atoms with Crippen molar-refractivity contribution in [2.45, 2.75) is 86.9 Å². The van der Waals surface area contributed by atoms with Crippen molar-refractivity contribution in [1.29, 1.82) is 0 Å². The summed E-state index contributed by atoms with van der Waals surface area (Å²) in [5.74, 6) is 1.04. The normalized spacial score (nSPS) is 17.1. The lowest BCUT2D eigenvalue weighted by atomic mass is 9.82. The molecule has 0 aromatic carbocycles. The largest absolute Gasteiger partial charge is 0.376 e. The summed E-state index contributed by atoms with van der Waals surface area (Å²) >= 11 is 0. The molecule has 0 aromatic rings. The van der Waals surface area contributed by atoms with Gasteiger partial charge in [-0.2, -0.15) is 0 Å². The van der Waals surface area contributed by atoms with Crippen LogP contribution in [-0.2, 0) is 9.47 Å². The highest BCUT2D eigenvalue weighted by molar-refractivity contribution is 4.78. The molecule has 0 saturated carbocycles. The maximum absolute atomic E-state index is 6.21. The minimum absolute atomic E-state index is 0.0501. The third-order valence-corrected chi connectivity index (χ3v) is 4.46. The molecule has 0 aliphatic carbocycles. The van der Waals surface area contributed by atoms with Crippen molar-refractivity contribution in [1.82, 2.24) is 0 Å². The Labute approximate surface area is 127 Å². The van der Waals surface area contributed by atoms with Crippen LogP contribution in [0.4, 0.5) is 0 Å². The van der Waals surface area contributed by atoms with Crippen LogP contribution in [0.1, 0.15) is 75.7 Å². The second kappa shape index (κ2) is 7.26. The molecule has 2 nitrogen and oxygen atoms in total. The number of rotatable bonds is 7. The molecule has 0 heterocycles. The zero-order chi connectivity index (χ0) is 16.2. The fourth-order valence-corrected chi connectivity index (χ4v) is 1.62. The van der Waals surface area contributed by atoms with Crippen LogP contribution in [0.25, 0.3) is 0 Å². The fourth-order valence-electron chi connectivity index (χ4n) is 1.62. The molecule has 20 heavy (non-hydrogen) atoms. The molecule has 0 radical (unpaired) electrons. The highest BCUT2D eigenvalue weighted by Gasteiger charge is 2.29. The molecular weight excluding hydrogens is 248 g/mol. The molecule has 122 valence electrons. The van der Waals surface area contributed by atoms with Crippen molar-refractivity contribution in [2.75, 3.05) is 13.2 Å². The molecule has 2 heteroatoms. The smallest absolute Gasteiger partial charge is 0.0652 e. The maximum atomic E-state index is 6.21. The second-order valence-electron chi connectivity index (χ2n) is 8.83. The molecule has 0 fully saturated rings. The zero-order valence-corrected chi connectivity index (χ0v) is 15.6. The van der Waals surface area contributed by atoms with E-state index < -0.39 is 0 Å². The average Bonchev–Trinajstić information content (AvgIpc) is 2.22. The van der Waals surface area contributed by atoms with Crippen LogP contribution in [0.5, 0.6) is 0 Å². The Morgan fingerprint density at radius 2 is 1.25 bits per heavy atom. The van der Waals surface area contributed by atoms with Gasteiger partial charge in [-0.15, -0.1) is 0 Å². The molecule has 0 saturated heterocycles. The van der Waals surface area contributed by atoms with Gasteiger partial charge in [-0.25, -0.2) is 0 Å². The zero-order valence-electron chi connectivity index (χ0n) is 15.6. The summed E-state index contributed by atoms with van der Waals surface area (Å²) < 4.78 is 12.0. The monoisotopic (exact) mass is 286 g/mol. The third-order valence-electron chi connectivity index (χ3n) is 4.46. The lowest BCUT2D eigenvalue weighted by molar-refractivity contribution is -0.0916. The van der Waals surface area contributed by atoms with Gasteiger partial charge in [0.2, 0.25) is 0 Å². The van der Waals surface area contributed by atoms with E-state index in [0.717, 1.165) is 19.6 Å². The molecule has 2 atom stereocenters. The topological polar surface area (TPSA) is 18.5 Å². The Bertz CT molecular complexity index is 268. The number of hydrogen-bond donors (Lipinski definition) is 0. The van der Waals surface area contributed by atoms with E-state index >= 15 is 0 Å². The Kier molecular flexibility index (Phi) is 7.24. The van der Waals surface area contributed by atoms with Crippen molar-refractivity contribution >= 4 is 0 Å². The lowest BCUT2D eigenvalue weighted by Gasteiger charge is -2.36. The van der Waals surface area contributed by atoms with E-state index in [1.54, 1.807) is 0 Å². The van der Waals surface area contributed by atoms with E-state index in [9.17, 15) is 0 Å². The van der Waals surface area contributed by atoms with Crippen molar-refractivity contribution in [3.8, 4) is 0 Å². The van der Waals surface area contributed by atoms with Crippen LogP contribution in [0.3, 0.4) is 0 Å². The summed E-state index contributed by atoms with van der Waals surface area (Å²) in [5, 5.41) is 0.